The minimum atomic E-state index is -4.38. The Hall–Kier alpha value is -3.40. The summed E-state index contributed by atoms with van der Waals surface area (Å²) >= 11 is 0. The first kappa shape index (κ1) is 22.4. The number of alkyl halides is 3. The van der Waals surface area contributed by atoms with Crippen molar-refractivity contribution in [3.8, 4) is 11.3 Å². The number of hydrogen-bond donors (Lipinski definition) is 2. The van der Waals surface area contributed by atoms with Crippen molar-refractivity contribution < 1.29 is 18.0 Å². The standard InChI is InChI=1S/C24H25F3N6O/c1-15-13-32(6-7-33(15)21-5-4-20(12-28-21)24(25,26)27)14-19-11-30-31-23(19)17-3-2-16-9-22(34)29-10-18(16)8-17/h2-5,8,11-12,15H,6-7,9-10,13-14H2,1H3,(H,29,34)(H,30,31)/t15-/m1/s1. The fourth-order valence-corrected chi connectivity index (χ4v) is 4.71. The second-order valence-corrected chi connectivity index (χ2v) is 8.89. The van der Waals surface area contributed by atoms with Gasteiger partial charge in [-0.3, -0.25) is 14.8 Å². The molecular weight excluding hydrogens is 445 g/mol. The van der Waals surface area contributed by atoms with Crippen LogP contribution in [0.4, 0.5) is 19.0 Å². The Balaban J connectivity index is 1.26. The largest absolute Gasteiger partial charge is 0.417 e. The minimum absolute atomic E-state index is 0.0437. The zero-order valence-electron chi connectivity index (χ0n) is 18.7. The van der Waals surface area contributed by atoms with Crippen molar-refractivity contribution in [2.24, 2.45) is 0 Å². The number of halogens is 3. The number of nitrogens with one attached hydrogen (secondary N) is 2. The van der Waals surface area contributed by atoms with E-state index in [2.05, 4.69) is 38.4 Å². The number of amides is 1. The summed E-state index contributed by atoms with van der Waals surface area (Å²) in [5.41, 5.74) is 4.49. The van der Waals surface area contributed by atoms with Crippen molar-refractivity contribution in [2.45, 2.75) is 38.7 Å². The molecule has 2 aliphatic rings. The first-order valence-corrected chi connectivity index (χ1v) is 11.2. The van der Waals surface area contributed by atoms with E-state index in [0.29, 0.717) is 31.9 Å². The number of H-pyrrole nitrogens is 1. The molecule has 178 valence electrons. The molecule has 0 radical (unpaired) electrons. The van der Waals surface area contributed by atoms with Gasteiger partial charge in [0.05, 0.1) is 23.9 Å². The number of pyridine rings is 1. The number of anilines is 1. The number of benzene rings is 1. The summed E-state index contributed by atoms with van der Waals surface area (Å²) in [6.45, 7) is 5.48. The van der Waals surface area contributed by atoms with Crippen LogP contribution in [0.3, 0.4) is 0 Å². The van der Waals surface area contributed by atoms with Crippen LogP contribution < -0.4 is 10.2 Å². The van der Waals surface area contributed by atoms with Gasteiger partial charge in [-0.25, -0.2) is 4.98 Å². The Kier molecular flexibility index (Phi) is 5.76. The predicted molar refractivity (Wildman–Crippen MR) is 121 cm³/mol. The molecule has 34 heavy (non-hydrogen) atoms. The highest BCUT2D eigenvalue weighted by Crippen LogP contribution is 2.31. The van der Waals surface area contributed by atoms with Crippen molar-refractivity contribution >= 4 is 11.7 Å². The molecule has 1 saturated heterocycles. The van der Waals surface area contributed by atoms with Crippen LogP contribution in [0, 0.1) is 0 Å². The second kappa shape index (κ2) is 8.75. The maximum atomic E-state index is 12.8. The van der Waals surface area contributed by atoms with Gasteiger partial charge in [0.2, 0.25) is 5.91 Å². The minimum Gasteiger partial charge on any atom is -0.352 e. The lowest BCUT2D eigenvalue weighted by atomic mass is 9.96. The van der Waals surface area contributed by atoms with Gasteiger partial charge in [0, 0.05) is 56.1 Å². The number of carbonyl (C=O) groups is 1. The van der Waals surface area contributed by atoms with E-state index in [-0.39, 0.29) is 11.9 Å². The van der Waals surface area contributed by atoms with Crippen LogP contribution >= 0.6 is 0 Å². The topological polar surface area (TPSA) is 77.2 Å². The fraction of sp³-hybridized carbons (Fsp3) is 0.375. The summed E-state index contributed by atoms with van der Waals surface area (Å²) < 4.78 is 38.5. The molecule has 0 unspecified atom stereocenters. The third kappa shape index (κ3) is 4.50. The van der Waals surface area contributed by atoms with Crippen molar-refractivity contribution in [3.05, 3.63) is 65.0 Å². The maximum Gasteiger partial charge on any atom is 0.417 e. The average Bonchev–Trinajstić information content (AvgIpc) is 3.26. The SMILES string of the molecule is C[C@@H]1CN(Cc2cn[nH]c2-c2ccc3c(c2)CNC(=O)C3)CCN1c1ccc(C(F)(F)F)cn1. The Morgan fingerprint density at radius 1 is 1.12 bits per heavy atom. The summed E-state index contributed by atoms with van der Waals surface area (Å²) in [6, 6.07) is 8.76. The molecule has 2 aromatic heterocycles. The maximum absolute atomic E-state index is 12.8. The average molecular weight is 470 g/mol. The molecule has 0 spiro atoms. The Bertz CT molecular complexity index is 1190. The number of fused-ring (bicyclic) bond motifs is 1. The van der Waals surface area contributed by atoms with Gasteiger partial charge >= 0.3 is 6.18 Å². The van der Waals surface area contributed by atoms with Crippen LogP contribution in [0.5, 0.6) is 0 Å². The van der Waals surface area contributed by atoms with Crippen molar-refractivity contribution in [1.29, 1.82) is 0 Å². The van der Waals surface area contributed by atoms with Crippen molar-refractivity contribution in [2.75, 3.05) is 24.5 Å². The Morgan fingerprint density at radius 2 is 1.97 bits per heavy atom. The summed E-state index contributed by atoms with van der Waals surface area (Å²) in [5.74, 6) is 0.604. The molecule has 1 atom stereocenters. The first-order chi connectivity index (χ1) is 16.3. The molecular formula is C24H25F3N6O. The highest BCUT2D eigenvalue weighted by atomic mass is 19.4. The molecule has 2 aliphatic heterocycles. The van der Waals surface area contributed by atoms with E-state index in [9.17, 15) is 18.0 Å². The molecule has 1 amide bonds. The van der Waals surface area contributed by atoms with Crippen LogP contribution in [-0.4, -0.2) is 51.7 Å². The first-order valence-electron chi connectivity index (χ1n) is 11.2. The number of carbonyl (C=O) groups excluding carboxylic acids is 1. The molecule has 7 nitrogen and oxygen atoms in total. The van der Waals surface area contributed by atoms with Crippen LogP contribution in [0.1, 0.15) is 29.2 Å². The molecule has 5 rings (SSSR count). The van der Waals surface area contributed by atoms with Gasteiger partial charge in [-0.15, -0.1) is 0 Å². The molecule has 1 aromatic carbocycles. The number of aromatic amines is 1. The number of piperazine rings is 1. The quantitative estimate of drug-likeness (QED) is 0.612. The van der Waals surface area contributed by atoms with E-state index < -0.39 is 11.7 Å². The van der Waals surface area contributed by atoms with Gasteiger partial charge in [0.1, 0.15) is 5.82 Å². The molecule has 0 saturated carbocycles. The summed E-state index contributed by atoms with van der Waals surface area (Å²) in [7, 11) is 0. The van der Waals surface area contributed by atoms with Gasteiger partial charge in [0.25, 0.3) is 0 Å². The zero-order valence-corrected chi connectivity index (χ0v) is 18.7. The van der Waals surface area contributed by atoms with Crippen LogP contribution in [0.2, 0.25) is 0 Å². The number of nitrogens with zero attached hydrogens (tertiary/aromatic N) is 4. The highest BCUT2D eigenvalue weighted by Gasteiger charge is 2.32. The van der Waals surface area contributed by atoms with E-state index in [1.165, 1.54) is 6.07 Å². The normalized spacial score (nSPS) is 19.1. The second-order valence-electron chi connectivity index (χ2n) is 8.89. The molecule has 0 aliphatic carbocycles. The lowest BCUT2D eigenvalue weighted by Gasteiger charge is -2.40. The summed E-state index contributed by atoms with van der Waals surface area (Å²) in [4.78, 5) is 20.0. The molecule has 1 fully saturated rings. The van der Waals surface area contributed by atoms with E-state index in [1.54, 1.807) is 0 Å². The molecule has 0 bridgehead atoms. The Labute approximate surface area is 195 Å². The smallest absolute Gasteiger partial charge is 0.352 e. The molecule has 4 heterocycles. The monoisotopic (exact) mass is 470 g/mol. The molecule has 10 heteroatoms. The van der Waals surface area contributed by atoms with Gasteiger partial charge in [0.15, 0.2) is 0 Å². The molecule has 3 aromatic rings. The highest BCUT2D eigenvalue weighted by molar-refractivity contribution is 5.81. The predicted octanol–water partition coefficient (Wildman–Crippen LogP) is 3.37. The number of aromatic nitrogens is 3. The van der Waals surface area contributed by atoms with Crippen molar-refractivity contribution in [1.82, 2.24) is 25.4 Å². The van der Waals surface area contributed by atoms with Crippen LogP contribution in [-0.2, 0) is 30.5 Å². The summed E-state index contributed by atoms with van der Waals surface area (Å²) in [5, 5.41) is 10.3. The zero-order chi connectivity index (χ0) is 23.9. The van der Waals surface area contributed by atoms with E-state index in [1.807, 2.05) is 23.2 Å². The van der Waals surface area contributed by atoms with E-state index in [4.69, 9.17) is 0 Å². The van der Waals surface area contributed by atoms with E-state index >= 15 is 0 Å². The van der Waals surface area contributed by atoms with Crippen molar-refractivity contribution in [3.63, 3.8) is 0 Å². The van der Waals surface area contributed by atoms with Gasteiger partial charge < -0.3 is 10.2 Å². The van der Waals surface area contributed by atoms with Crippen LogP contribution in [0.25, 0.3) is 11.3 Å². The number of hydrogen-bond acceptors (Lipinski definition) is 5. The van der Waals surface area contributed by atoms with E-state index in [0.717, 1.165) is 53.3 Å². The third-order valence-electron chi connectivity index (χ3n) is 6.51. The lowest BCUT2D eigenvalue weighted by molar-refractivity contribution is -0.137. The summed E-state index contributed by atoms with van der Waals surface area (Å²) in [6.07, 6.45) is -1.24. The number of rotatable bonds is 4. The molecule has 2 N–H and O–H groups in total. The van der Waals surface area contributed by atoms with Gasteiger partial charge in [-0.2, -0.15) is 18.3 Å². The van der Waals surface area contributed by atoms with Crippen LogP contribution in [0.15, 0.2) is 42.7 Å². The van der Waals surface area contributed by atoms with Gasteiger partial charge in [-0.1, -0.05) is 12.1 Å². The van der Waals surface area contributed by atoms with Gasteiger partial charge in [-0.05, 0) is 36.2 Å². The lowest BCUT2D eigenvalue weighted by Crippen LogP contribution is -2.51. The third-order valence-corrected chi connectivity index (χ3v) is 6.51. The Morgan fingerprint density at radius 3 is 2.71 bits per heavy atom. The fourth-order valence-electron chi connectivity index (χ4n) is 4.71.